The summed E-state index contributed by atoms with van der Waals surface area (Å²) in [4.78, 5) is 14.4. The minimum atomic E-state index is -4.69. The number of nitrogens with zero attached hydrogens (tertiary/aromatic N) is 2. The van der Waals surface area contributed by atoms with Gasteiger partial charge in [-0.3, -0.25) is 9.80 Å². The van der Waals surface area contributed by atoms with Crippen molar-refractivity contribution in [1.29, 1.82) is 0 Å². The molecule has 0 aromatic carbocycles. The lowest BCUT2D eigenvalue weighted by atomic mass is 10.2. The van der Waals surface area contributed by atoms with Gasteiger partial charge >= 0.3 is 12.1 Å². The van der Waals surface area contributed by atoms with E-state index in [-0.39, 0.29) is 5.70 Å². The van der Waals surface area contributed by atoms with Crippen LogP contribution in [0.2, 0.25) is 0 Å². The van der Waals surface area contributed by atoms with Crippen molar-refractivity contribution in [2.45, 2.75) is 12.2 Å². The summed E-state index contributed by atoms with van der Waals surface area (Å²) in [6, 6.07) is -0.489. The maximum Gasteiger partial charge on any atom is 0.422 e. The molecule has 0 amide bonds. The van der Waals surface area contributed by atoms with Gasteiger partial charge in [0.2, 0.25) is 0 Å². The van der Waals surface area contributed by atoms with Crippen LogP contribution in [0.4, 0.5) is 22.0 Å². The Balaban J connectivity index is 1.84. The van der Waals surface area contributed by atoms with Crippen LogP contribution in [0, 0.1) is 5.82 Å². The molecule has 0 aliphatic carbocycles. The van der Waals surface area contributed by atoms with Crippen LogP contribution < -0.4 is 14.9 Å². The van der Waals surface area contributed by atoms with E-state index in [4.69, 9.17) is 9.84 Å². The standard InChI is InChI=1S/C15H10F5N3O4/c16-7-1-12(26-6-15(18,19)20)13(21-4-7)27-11-3-8-2-10(14(24)25)22-23(8)5-9(11)17/h1-5,10,22H,6H2,(H,24,25). The number of aromatic nitrogens is 1. The Kier molecular flexibility index (Phi) is 4.74. The number of hydrazine groups is 1. The first-order valence-corrected chi connectivity index (χ1v) is 7.25. The molecule has 0 saturated carbocycles. The lowest BCUT2D eigenvalue weighted by Crippen LogP contribution is -2.38. The number of rotatable bonds is 5. The van der Waals surface area contributed by atoms with Crippen molar-refractivity contribution in [3.8, 4) is 11.6 Å². The van der Waals surface area contributed by atoms with Crippen LogP contribution in [0.15, 0.2) is 47.9 Å². The Hall–Kier alpha value is -3.15. The van der Waals surface area contributed by atoms with Crippen molar-refractivity contribution in [3.05, 3.63) is 53.7 Å². The number of fused-ring (bicyclic) bond motifs is 1. The van der Waals surface area contributed by atoms with E-state index in [1.165, 1.54) is 6.08 Å². The zero-order valence-electron chi connectivity index (χ0n) is 13.1. The third-order valence-electron chi connectivity index (χ3n) is 3.30. The summed E-state index contributed by atoms with van der Waals surface area (Å²) in [6.07, 6.45) is -0.795. The molecule has 0 radical (unpaired) electrons. The number of pyridine rings is 1. The van der Waals surface area contributed by atoms with Crippen molar-refractivity contribution in [3.63, 3.8) is 0 Å². The lowest BCUT2D eigenvalue weighted by Gasteiger charge is -2.22. The Bertz CT molecular complexity index is 865. The predicted octanol–water partition coefficient (Wildman–Crippen LogP) is 2.41. The fourth-order valence-corrected chi connectivity index (χ4v) is 2.18. The summed E-state index contributed by atoms with van der Waals surface area (Å²) < 4.78 is 74.0. The normalized spacial score (nSPS) is 19.1. The van der Waals surface area contributed by atoms with E-state index >= 15 is 0 Å². The number of hydrogen-bond acceptors (Lipinski definition) is 6. The van der Waals surface area contributed by atoms with Crippen molar-refractivity contribution in [1.82, 2.24) is 15.4 Å². The van der Waals surface area contributed by atoms with Gasteiger partial charge in [0.25, 0.3) is 5.88 Å². The Morgan fingerprint density at radius 1 is 1.37 bits per heavy atom. The van der Waals surface area contributed by atoms with Crippen LogP contribution in [-0.2, 0) is 4.79 Å². The van der Waals surface area contributed by atoms with E-state index in [0.29, 0.717) is 12.3 Å². The number of carbonyl (C=O) groups is 1. The second-order valence-corrected chi connectivity index (χ2v) is 5.35. The van der Waals surface area contributed by atoms with Gasteiger partial charge in [0, 0.05) is 12.1 Å². The molecule has 7 nitrogen and oxygen atoms in total. The average molecular weight is 391 g/mol. The summed E-state index contributed by atoms with van der Waals surface area (Å²) >= 11 is 0. The van der Waals surface area contributed by atoms with Crippen LogP contribution in [0.25, 0.3) is 0 Å². The van der Waals surface area contributed by atoms with Crippen LogP contribution in [0.5, 0.6) is 11.6 Å². The molecule has 0 saturated heterocycles. The first-order valence-electron chi connectivity index (χ1n) is 7.25. The van der Waals surface area contributed by atoms with Crippen LogP contribution in [0.1, 0.15) is 0 Å². The van der Waals surface area contributed by atoms with E-state index in [1.54, 1.807) is 0 Å². The molecule has 3 rings (SSSR count). The quantitative estimate of drug-likeness (QED) is 0.746. The van der Waals surface area contributed by atoms with E-state index in [0.717, 1.165) is 17.3 Å². The third kappa shape index (κ3) is 4.34. The number of alkyl halides is 3. The van der Waals surface area contributed by atoms with Gasteiger partial charge in [0.1, 0.15) is 11.9 Å². The largest absolute Gasteiger partial charge is 0.480 e. The maximum absolute atomic E-state index is 14.2. The second kappa shape index (κ2) is 6.87. The summed E-state index contributed by atoms with van der Waals surface area (Å²) in [5.41, 5.74) is 2.69. The Morgan fingerprint density at radius 2 is 2.11 bits per heavy atom. The molecular weight excluding hydrogens is 381 g/mol. The number of carboxylic acid groups (broad SMARTS) is 1. The molecule has 1 aromatic heterocycles. The van der Waals surface area contributed by atoms with E-state index in [9.17, 15) is 26.7 Å². The highest BCUT2D eigenvalue weighted by Crippen LogP contribution is 2.33. The monoisotopic (exact) mass is 391 g/mol. The molecule has 2 N–H and O–H groups in total. The van der Waals surface area contributed by atoms with Gasteiger partial charge in [-0.25, -0.2) is 19.2 Å². The topological polar surface area (TPSA) is 83.9 Å². The molecule has 27 heavy (non-hydrogen) atoms. The first kappa shape index (κ1) is 18.6. The van der Waals surface area contributed by atoms with E-state index < -0.39 is 53.8 Å². The Labute approximate surface area is 148 Å². The number of hydrogen-bond donors (Lipinski definition) is 2. The molecule has 1 atom stereocenters. The highest BCUT2D eigenvalue weighted by atomic mass is 19.4. The van der Waals surface area contributed by atoms with Crippen molar-refractivity contribution in [2.24, 2.45) is 0 Å². The van der Waals surface area contributed by atoms with Crippen LogP contribution in [0.3, 0.4) is 0 Å². The van der Waals surface area contributed by atoms with E-state index in [2.05, 4.69) is 15.1 Å². The first-order chi connectivity index (χ1) is 12.6. The van der Waals surface area contributed by atoms with Crippen LogP contribution in [-0.4, -0.2) is 39.9 Å². The minimum Gasteiger partial charge on any atom is -0.480 e. The van der Waals surface area contributed by atoms with Gasteiger partial charge < -0.3 is 14.6 Å². The van der Waals surface area contributed by atoms with Gasteiger partial charge in [-0.1, -0.05) is 0 Å². The lowest BCUT2D eigenvalue weighted by molar-refractivity contribution is -0.153. The molecular formula is C15H10F5N3O4. The maximum atomic E-state index is 14.2. The summed E-state index contributed by atoms with van der Waals surface area (Å²) in [5.74, 6) is -4.90. The number of ether oxygens (including phenoxy) is 2. The molecule has 0 bridgehead atoms. The summed E-state index contributed by atoms with van der Waals surface area (Å²) in [6.45, 7) is -1.73. The number of carboxylic acids is 1. The smallest absolute Gasteiger partial charge is 0.422 e. The fraction of sp³-hybridized carbons (Fsp3) is 0.200. The number of halogens is 5. The van der Waals surface area contributed by atoms with Gasteiger partial charge in [-0.15, -0.1) is 0 Å². The molecule has 1 aromatic rings. The fourth-order valence-electron chi connectivity index (χ4n) is 2.18. The van der Waals surface area contributed by atoms with Crippen LogP contribution >= 0.6 is 0 Å². The van der Waals surface area contributed by atoms with E-state index in [1.807, 2.05) is 0 Å². The zero-order chi connectivity index (χ0) is 19.8. The predicted molar refractivity (Wildman–Crippen MR) is 78.1 cm³/mol. The number of nitrogens with one attached hydrogen (secondary N) is 1. The summed E-state index contributed by atoms with van der Waals surface area (Å²) in [7, 11) is 0. The van der Waals surface area contributed by atoms with Gasteiger partial charge in [0.05, 0.1) is 18.1 Å². The highest BCUT2D eigenvalue weighted by molar-refractivity contribution is 5.77. The molecule has 2 aliphatic heterocycles. The number of allylic oxidation sites excluding steroid dienone is 2. The SMILES string of the molecule is O=C(O)C1C=C2C=C(Oc3ncc(F)cc3OCC(F)(F)F)C(F)=CN2N1. The molecule has 0 spiro atoms. The molecule has 12 heteroatoms. The third-order valence-corrected chi connectivity index (χ3v) is 3.30. The van der Waals surface area contributed by atoms with Crippen molar-refractivity contribution in [2.75, 3.05) is 6.61 Å². The van der Waals surface area contributed by atoms with Crippen molar-refractivity contribution >= 4 is 5.97 Å². The van der Waals surface area contributed by atoms with Crippen molar-refractivity contribution < 1.29 is 41.3 Å². The average Bonchev–Trinajstić information content (AvgIpc) is 2.97. The zero-order valence-corrected chi connectivity index (χ0v) is 13.1. The molecule has 1 unspecified atom stereocenters. The molecule has 144 valence electrons. The molecule has 2 aliphatic rings. The second-order valence-electron chi connectivity index (χ2n) is 5.35. The molecule has 0 fully saturated rings. The molecule has 3 heterocycles. The van der Waals surface area contributed by atoms with Gasteiger partial charge in [0.15, 0.2) is 23.9 Å². The summed E-state index contributed by atoms with van der Waals surface area (Å²) in [5, 5.41) is 10.1. The van der Waals surface area contributed by atoms with Gasteiger partial charge in [-0.2, -0.15) is 13.2 Å². The highest BCUT2D eigenvalue weighted by Gasteiger charge is 2.32. The Morgan fingerprint density at radius 3 is 2.78 bits per heavy atom. The minimum absolute atomic E-state index is 0.221. The number of aliphatic carboxylic acids is 1. The van der Waals surface area contributed by atoms with Gasteiger partial charge in [-0.05, 0) is 6.08 Å².